The molecule has 2 atom stereocenters. The van der Waals surface area contributed by atoms with E-state index in [0.29, 0.717) is 6.61 Å². The maximum absolute atomic E-state index is 11.6. The third-order valence-electron chi connectivity index (χ3n) is 3.12. The van der Waals surface area contributed by atoms with Crippen LogP contribution in [0.1, 0.15) is 19.4 Å². The number of hydrogen-bond donors (Lipinski definition) is 2. The minimum atomic E-state index is -0.667. The summed E-state index contributed by atoms with van der Waals surface area (Å²) < 4.78 is 10.2. The van der Waals surface area contributed by atoms with E-state index in [1.807, 2.05) is 44.2 Å². The first-order chi connectivity index (χ1) is 10.0. The van der Waals surface area contributed by atoms with Crippen LogP contribution < -0.4 is 5.32 Å². The Morgan fingerprint density at radius 3 is 2.52 bits per heavy atom. The van der Waals surface area contributed by atoms with Crippen LogP contribution in [-0.2, 0) is 20.9 Å². The highest BCUT2D eigenvalue weighted by atomic mass is 16.5. The second kappa shape index (κ2) is 9.50. The summed E-state index contributed by atoms with van der Waals surface area (Å²) in [6, 6.07) is 9.36. The fourth-order valence-electron chi connectivity index (χ4n) is 1.93. The lowest BCUT2D eigenvalue weighted by atomic mass is 10.0. The van der Waals surface area contributed by atoms with Crippen molar-refractivity contribution in [3.05, 3.63) is 35.9 Å². The molecule has 0 saturated carbocycles. The van der Waals surface area contributed by atoms with Gasteiger partial charge in [0.25, 0.3) is 0 Å². The smallest absolute Gasteiger partial charge is 0.323 e. The van der Waals surface area contributed by atoms with Crippen LogP contribution in [0.2, 0.25) is 0 Å². The number of nitrogens with one attached hydrogen (secondary N) is 1. The number of methoxy groups -OCH3 is 1. The number of aliphatic hydroxyl groups is 1. The van der Waals surface area contributed by atoms with Crippen molar-refractivity contribution in [2.45, 2.75) is 32.6 Å². The lowest BCUT2D eigenvalue weighted by molar-refractivity contribution is -0.144. The first kappa shape index (κ1) is 17.6. The van der Waals surface area contributed by atoms with Crippen molar-refractivity contribution in [3.63, 3.8) is 0 Å². The lowest BCUT2D eigenvalue weighted by Gasteiger charge is -2.21. The number of rotatable bonds is 9. The van der Waals surface area contributed by atoms with E-state index in [4.69, 9.17) is 9.47 Å². The molecule has 0 aliphatic carbocycles. The average molecular weight is 295 g/mol. The van der Waals surface area contributed by atoms with Gasteiger partial charge < -0.3 is 19.9 Å². The van der Waals surface area contributed by atoms with E-state index >= 15 is 0 Å². The van der Waals surface area contributed by atoms with Crippen molar-refractivity contribution in [1.82, 2.24) is 5.32 Å². The van der Waals surface area contributed by atoms with Crippen LogP contribution in [0, 0.1) is 5.92 Å². The number of benzene rings is 1. The highest BCUT2D eigenvalue weighted by Crippen LogP contribution is 2.04. The molecule has 118 valence electrons. The van der Waals surface area contributed by atoms with Gasteiger partial charge >= 0.3 is 5.97 Å². The molecule has 5 nitrogen and oxygen atoms in total. The first-order valence-corrected chi connectivity index (χ1v) is 7.15. The molecule has 0 spiro atoms. The fourth-order valence-corrected chi connectivity index (χ4v) is 1.93. The summed E-state index contributed by atoms with van der Waals surface area (Å²) in [4.78, 5) is 11.6. The Labute approximate surface area is 126 Å². The van der Waals surface area contributed by atoms with Gasteiger partial charge in [0.2, 0.25) is 0 Å². The molecule has 0 amide bonds. The highest BCUT2D eigenvalue weighted by molar-refractivity contribution is 5.75. The van der Waals surface area contributed by atoms with Crippen LogP contribution in [0.15, 0.2) is 30.3 Å². The Morgan fingerprint density at radius 1 is 1.29 bits per heavy atom. The maximum Gasteiger partial charge on any atom is 0.323 e. The van der Waals surface area contributed by atoms with E-state index in [-0.39, 0.29) is 25.0 Å². The summed E-state index contributed by atoms with van der Waals surface area (Å²) in [6.45, 7) is 4.81. The highest BCUT2D eigenvalue weighted by Gasteiger charge is 2.23. The average Bonchev–Trinajstić information content (AvgIpc) is 2.47. The summed E-state index contributed by atoms with van der Waals surface area (Å²) >= 11 is 0. The third kappa shape index (κ3) is 6.71. The van der Waals surface area contributed by atoms with Gasteiger partial charge in [-0.15, -0.1) is 0 Å². The molecule has 0 radical (unpaired) electrons. The van der Waals surface area contributed by atoms with Gasteiger partial charge in [-0.2, -0.15) is 0 Å². The summed E-state index contributed by atoms with van der Waals surface area (Å²) in [7, 11) is 1.36. The van der Waals surface area contributed by atoms with Gasteiger partial charge in [0, 0.05) is 6.54 Å². The largest absolute Gasteiger partial charge is 0.468 e. The van der Waals surface area contributed by atoms with E-state index in [9.17, 15) is 9.90 Å². The molecule has 21 heavy (non-hydrogen) atoms. The molecular weight excluding hydrogens is 270 g/mol. The van der Waals surface area contributed by atoms with Crippen LogP contribution in [0.4, 0.5) is 0 Å². The Hall–Kier alpha value is -1.43. The minimum absolute atomic E-state index is 0.0925. The Kier molecular flexibility index (Phi) is 7.97. The minimum Gasteiger partial charge on any atom is -0.468 e. The number of carbonyl (C=O) groups is 1. The number of aliphatic hydroxyl groups excluding tert-OH is 1. The zero-order valence-electron chi connectivity index (χ0n) is 12.9. The molecule has 0 bridgehead atoms. The molecular formula is C16H25NO4. The molecule has 0 heterocycles. The van der Waals surface area contributed by atoms with E-state index in [1.165, 1.54) is 7.11 Å². The van der Waals surface area contributed by atoms with Crippen LogP contribution in [0.3, 0.4) is 0 Å². The summed E-state index contributed by atoms with van der Waals surface area (Å²) in [6.07, 6.45) is -0.667. The van der Waals surface area contributed by atoms with Crippen LogP contribution >= 0.6 is 0 Å². The van der Waals surface area contributed by atoms with Gasteiger partial charge in [0.05, 0.1) is 26.4 Å². The van der Waals surface area contributed by atoms with Gasteiger partial charge in [-0.05, 0) is 11.5 Å². The fraction of sp³-hybridized carbons (Fsp3) is 0.562. The molecule has 1 rings (SSSR count). The molecule has 0 fully saturated rings. The molecule has 0 saturated heterocycles. The van der Waals surface area contributed by atoms with E-state index in [2.05, 4.69) is 5.32 Å². The molecule has 5 heteroatoms. The number of carbonyl (C=O) groups excluding carboxylic acids is 1. The normalized spacial score (nSPS) is 14.0. The van der Waals surface area contributed by atoms with Crippen molar-refractivity contribution in [1.29, 1.82) is 0 Å². The maximum atomic E-state index is 11.6. The Morgan fingerprint density at radius 2 is 1.95 bits per heavy atom. The summed E-state index contributed by atoms with van der Waals surface area (Å²) in [5.74, 6) is -0.225. The third-order valence-corrected chi connectivity index (χ3v) is 3.12. The monoisotopic (exact) mass is 295 g/mol. The zero-order valence-corrected chi connectivity index (χ0v) is 12.9. The molecule has 0 aliphatic rings. The standard InChI is InChI=1S/C16H25NO4/c1-12(2)15(16(19)20-3)17-9-14(18)11-21-10-13-7-5-4-6-8-13/h4-8,12,14-15,17-18H,9-11H2,1-3H3/t14-,15-/m0/s1. The second-order valence-electron chi connectivity index (χ2n) is 5.31. The van der Waals surface area contributed by atoms with Crippen molar-refractivity contribution in [2.24, 2.45) is 5.92 Å². The first-order valence-electron chi connectivity index (χ1n) is 7.15. The second-order valence-corrected chi connectivity index (χ2v) is 5.31. The molecule has 2 N–H and O–H groups in total. The molecule has 0 aliphatic heterocycles. The predicted molar refractivity (Wildman–Crippen MR) is 80.7 cm³/mol. The van der Waals surface area contributed by atoms with Gasteiger partial charge in [0.15, 0.2) is 0 Å². The van der Waals surface area contributed by atoms with Crippen LogP contribution in [0.25, 0.3) is 0 Å². The number of hydrogen-bond acceptors (Lipinski definition) is 5. The Bertz CT molecular complexity index is 408. The molecule has 1 aromatic rings. The van der Waals surface area contributed by atoms with Crippen molar-refractivity contribution in [2.75, 3.05) is 20.3 Å². The van der Waals surface area contributed by atoms with Gasteiger partial charge in [-0.3, -0.25) is 4.79 Å². The summed E-state index contributed by atoms with van der Waals surface area (Å²) in [5, 5.41) is 12.9. The van der Waals surface area contributed by atoms with Crippen LogP contribution in [-0.4, -0.2) is 43.5 Å². The van der Waals surface area contributed by atoms with Gasteiger partial charge in [-0.25, -0.2) is 0 Å². The quantitative estimate of drug-likeness (QED) is 0.673. The Balaban J connectivity index is 2.26. The van der Waals surface area contributed by atoms with Crippen molar-refractivity contribution >= 4 is 5.97 Å². The lowest BCUT2D eigenvalue weighted by Crippen LogP contribution is -2.45. The predicted octanol–water partition coefficient (Wildman–Crippen LogP) is 1.35. The van der Waals surface area contributed by atoms with E-state index < -0.39 is 12.1 Å². The number of ether oxygens (including phenoxy) is 2. The topological polar surface area (TPSA) is 67.8 Å². The van der Waals surface area contributed by atoms with Gasteiger partial charge in [-0.1, -0.05) is 44.2 Å². The van der Waals surface area contributed by atoms with Crippen LogP contribution in [0.5, 0.6) is 0 Å². The molecule has 1 aromatic carbocycles. The van der Waals surface area contributed by atoms with Crippen molar-refractivity contribution in [3.8, 4) is 0 Å². The van der Waals surface area contributed by atoms with Crippen molar-refractivity contribution < 1.29 is 19.4 Å². The summed E-state index contributed by atoms with van der Waals surface area (Å²) in [5.41, 5.74) is 1.06. The number of esters is 1. The van der Waals surface area contributed by atoms with E-state index in [0.717, 1.165) is 5.56 Å². The molecule has 0 unspecified atom stereocenters. The van der Waals surface area contributed by atoms with Gasteiger partial charge in [0.1, 0.15) is 6.04 Å². The van der Waals surface area contributed by atoms with E-state index in [1.54, 1.807) is 0 Å². The molecule has 0 aromatic heterocycles. The zero-order chi connectivity index (χ0) is 15.7. The SMILES string of the molecule is COC(=O)[C@@H](NC[C@H](O)COCc1ccccc1)C(C)C.